The molecule has 1 heterocycles. The second-order valence-corrected chi connectivity index (χ2v) is 6.56. The maximum atomic E-state index is 12.1. The summed E-state index contributed by atoms with van der Waals surface area (Å²) in [7, 11) is 1.87. The van der Waals surface area contributed by atoms with Crippen LogP contribution in [0.2, 0.25) is 0 Å². The molecule has 1 N–H and O–H groups in total. The molecule has 2 unspecified atom stereocenters. The van der Waals surface area contributed by atoms with Crippen LogP contribution in [-0.4, -0.2) is 30.1 Å². The van der Waals surface area contributed by atoms with Crippen LogP contribution >= 0.6 is 11.3 Å². The summed E-state index contributed by atoms with van der Waals surface area (Å²) >= 11 is 1.70. The SMILES string of the molecule is CC(C)CC(C)N(C)C(=O)NC(C)Cc1ccsc1. The van der Waals surface area contributed by atoms with Crippen molar-refractivity contribution in [3.8, 4) is 0 Å². The lowest BCUT2D eigenvalue weighted by Crippen LogP contribution is -2.46. The maximum Gasteiger partial charge on any atom is 0.317 e. The molecule has 1 aromatic heterocycles. The van der Waals surface area contributed by atoms with Crippen LogP contribution in [0.25, 0.3) is 0 Å². The van der Waals surface area contributed by atoms with Gasteiger partial charge in [-0.1, -0.05) is 13.8 Å². The third kappa shape index (κ3) is 5.64. The average molecular weight is 282 g/mol. The second kappa shape index (κ2) is 7.53. The number of thiophene rings is 1. The van der Waals surface area contributed by atoms with Crippen molar-refractivity contribution in [3.05, 3.63) is 22.4 Å². The first-order valence-electron chi connectivity index (χ1n) is 6.94. The van der Waals surface area contributed by atoms with Gasteiger partial charge in [0.25, 0.3) is 0 Å². The van der Waals surface area contributed by atoms with Crippen molar-refractivity contribution in [2.24, 2.45) is 5.92 Å². The van der Waals surface area contributed by atoms with Crippen molar-refractivity contribution in [1.82, 2.24) is 10.2 Å². The molecule has 0 bridgehead atoms. The molecule has 0 radical (unpaired) electrons. The van der Waals surface area contributed by atoms with Gasteiger partial charge in [0.05, 0.1) is 0 Å². The molecule has 1 aromatic rings. The van der Waals surface area contributed by atoms with E-state index in [1.54, 1.807) is 11.3 Å². The Morgan fingerprint density at radius 1 is 1.37 bits per heavy atom. The first-order valence-corrected chi connectivity index (χ1v) is 7.88. The van der Waals surface area contributed by atoms with Gasteiger partial charge in [0.1, 0.15) is 0 Å². The molecular weight excluding hydrogens is 256 g/mol. The lowest BCUT2D eigenvalue weighted by atomic mass is 10.0. The number of urea groups is 1. The molecule has 0 aromatic carbocycles. The van der Waals surface area contributed by atoms with Crippen LogP contribution in [0.5, 0.6) is 0 Å². The average Bonchev–Trinajstić information content (AvgIpc) is 2.79. The Labute approximate surface area is 121 Å². The molecule has 0 aliphatic heterocycles. The minimum Gasteiger partial charge on any atom is -0.335 e. The van der Waals surface area contributed by atoms with Crippen LogP contribution in [-0.2, 0) is 6.42 Å². The number of rotatable bonds is 6. The van der Waals surface area contributed by atoms with Crippen LogP contribution < -0.4 is 5.32 Å². The van der Waals surface area contributed by atoms with E-state index in [-0.39, 0.29) is 18.1 Å². The zero-order chi connectivity index (χ0) is 14.4. The highest BCUT2D eigenvalue weighted by atomic mass is 32.1. The standard InChI is InChI=1S/C15H26N2OS/c1-11(2)8-13(4)17(5)15(18)16-12(3)9-14-6-7-19-10-14/h6-7,10-13H,8-9H2,1-5H3,(H,16,18). The molecule has 3 nitrogen and oxygen atoms in total. The molecule has 2 atom stereocenters. The fourth-order valence-electron chi connectivity index (χ4n) is 2.17. The number of carbonyl (C=O) groups is 1. The van der Waals surface area contributed by atoms with E-state index >= 15 is 0 Å². The largest absolute Gasteiger partial charge is 0.335 e. The summed E-state index contributed by atoms with van der Waals surface area (Å²) in [4.78, 5) is 13.9. The topological polar surface area (TPSA) is 32.3 Å². The van der Waals surface area contributed by atoms with Crippen molar-refractivity contribution in [2.75, 3.05) is 7.05 Å². The van der Waals surface area contributed by atoms with E-state index in [1.807, 2.05) is 11.9 Å². The highest BCUT2D eigenvalue weighted by Gasteiger charge is 2.18. The van der Waals surface area contributed by atoms with Gasteiger partial charge < -0.3 is 10.2 Å². The summed E-state index contributed by atoms with van der Waals surface area (Å²) < 4.78 is 0. The van der Waals surface area contributed by atoms with E-state index in [0.29, 0.717) is 5.92 Å². The second-order valence-electron chi connectivity index (χ2n) is 5.78. The van der Waals surface area contributed by atoms with Gasteiger partial charge in [0.2, 0.25) is 0 Å². The minimum atomic E-state index is 0.0240. The van der Waals surface area contributed by atoms with Crippen molar-refractivity contribution < 1.29 is 4.79 Å². The van der Waals surface area contributed by atoms with Crippen LogP contribution in [0.3, 0.4) is 0 Å². The summed E-state index contributed by atoms with van der Waals surface area (Å²) in [6, 6.07) is 2.57. The number of carbonyl (C=O) groups excluding carboxylic acids is 1. The molecule has 19 heavy (non-hydrogen) atoms. The third-order valence-electron chi connectivity index (χ3n) is 3.29. The Bertz CT molecular complexity index is 376. The van der Waals surface area contributed by atoms with Crippen molar-refractivity contribution in [1.29, 1.82) is 0 Å². The van der Waals surface area contributed by atoms with Crippen molar-refractivity contribution in [3.63, 3.8) is 0 Å². The lowest BCUT2D eigenvalue weighted by Gasteiger charge is -2.28. The zero-order valence-electron chi connectivity index (χ0n) is 12.6. The Kier molecular flexibility index (Phi) is 6.35. The van der Waals surface area contributed by atoms with Crippen molar-refractivity contribution in [2.45, 2.75) is 52.6 Å². The van der Waals surface area contributed by atoms with Gasteiger partial charge in [0.15, 0.2) is 0 Å². The number of amides is 2. The predicted molar refractivity (Wildman–Crippen MR) is 82.7 cm³/mol. The van der Waals surface area contributed by atoms with E-state index in [4.69, 9.17) is 0 Å². The van der Waals surface area contributed by atoms with Crippen LogP contribution in [0.1, 0.15) is 39.7 Å². The summed E-state index contributed by atoms with van der Waals surface area (Å²) in [6.07, 6.45) is 1.92. The molecule has 0 fully saturated rings. The van der Waals surface area contributed by atoms with E-state index < -0.39 is 0 Å². The molecule has 1 rings (SSSR count). The molecule has 2 amide bonds. The van der Waals surface area contributed by atoms with Gasteiger partial charge in [-0.15, -0.1) is 0 Å². The zero-order valence-corrected chi connectivity index (χ0v) is 13.5. The number of hydrogen-bond donors (Lipinski definition) is 1. The Balaban J connectivity index is 2.40. The highest BCUT2D eigenvalue weighted by molar-refractivity contribution is 7.07. The van der Waals surface area contributed by atoms with Gasteiger partial charge in [0, 0.05) is 19.1 Å². The molecule has 0 saturated carbocycles. The maximum absolute atomic E-state index is 12.1. The highest BCUT2D eigenvalue weighted by Crippen LogP contribution is 2.11. The first-order chi connectivity index (χ1) is 8.90. The van der Waals surface area contributed by atoms with Crippen LogP contribution in [0, 0.1) is 5.92 Å². The fraction of sp³-hybridized carbons (Fsp3) is 0.667. The quantitative estimate of drug-likeness (QED) is 0.846. The van der Waals surface area contributed by atoms with Gasteiger partial charge in [-0.2, -0.15) is 11.3 Å². The number of hydrogen-bond acceptors (Lipinski definition) is 2. The monoisotopic (exact) mass is 282 g/mol. The summed E-state index contributed by atoms with van der Waals surface area (Å²) in [6.45, 7) is 8.52. The predicted octanol–water partition coefficient (Wildman–Crippen LogP) is 3.76. The van der Waals surface area contributed by atoms with Crippen molar-refractivity contribution >= 4 is 17.4 Å². The molecule has 0 aliphatic rings. The van der Waals surface area contributed by atoms with E-state index in [9.17, 15) is 4.79 Å². The Morgan fingerprint density at radius 3 is 2.58 bits per heavy atom. The van der Waals surface area contributed by atoms with Crippen LogP contribution in [0.4, 0.5) is 4.79 Å². The fourth-order valence-corrected chi connectivity index (χ4v) is 2.85. The van der Waals surface area contributed by atoms with Gasteiger partial charge in [-0.25, -0.2) is 4.79 Å². The van der Waals surface area contributed by atoms with Crippen LogP contribution in [0.15, 0.2) is 16.8 Å². The number of nitrogens with zero attached hydrogens (tertiary/aromatic N) is 1. The normalized spacial score (nSPS) is 14.2. The molecule has 0 saturated heterocycles. The summed E-state index contributed by atoms with van der Waals surface area (Å²) in [5.41, 5.74) is 1.29. The van der Waals surface area contributed by atoms with E-state index in [0.717, 1.165) is 12.8 Å². The Hall–Kier alpha value is -1.03. The summed E-state index contributed by atoms with van der Waals surface area (Å²) in [5.74, 6) is 0.605. The van der Waals surface area contributed by atoms with Gasteiger partial charge in [-0.05, 0) is 55.0 Å². The molecule has 0 aliphatic carbocycles. The van der Waals surface area contributed by atoms with Gasteiger partial charge >= 0.3 is 6.03 Å². The van der Waals surface area contributed by atoms with E-state index in [2.05, 4.69) is 49.8 Å². The van der Waals surface area contributed by atoms with E-state index in [1.165, 1.54) is 5.56 Å². The molecule has 4 heteroatoms. The smallest absolute Gasteiger partial charge is 0.317 e. The summed E-state index contributed by atoms with van der Waals surface area (Å²) in [5, 5.41) is 7.27. The van der Waals surface area contributed by atoms with Gasteiger partial charge in [-0.3, -0.25) is 0 Å². The molecule has 108 valence electrons. The Morgan fingerprint density at radius 2 is 2.05 bits per heavy atom. The first kappa shape index (κ1) is 16.0. The molecule has 0 spiro atoms. The third-order valence-corrected chi connectivity index (χ3v) is 4.02. The lowest BCUT2D eigenvalue weighted by molar-refractivity contribution is 0.183. The molecular formula is C15H26N2OS. The minimum absolute atomic E-state index is 0.0240. The number of nitrogens with one attached hydrogen (secondary N) is 1.